The van der Waals surface area contributed by atoms with Gasteiger partial charge in [0, 0.05) is 31.3 Å². The van der Waals surface area contributed by atoms with E-state index in [-0.39, 0.29) is 17.4 Å². The third-order valence-corrected chi connectivity index (χ3v) is 5.60. The molecule has 1 unspecified atom stereocenters. The number of pyridine rings is 1. The highest BCUT2D eigenvalue weighted by molar-refractivity contribution is 5.81. The number of para-hydroxylation sites is 2. The Morgan fingerprint density at radius 1 is 1.09 bits per heavy atom. The molecular weight excluding hydrogens is 408 g/mol. The summed E-state index contributed by atoms with van der Waals surface area (Å²) >= 11 is 0. The summed E-state index contributed by atoms with van der Waals surface area (Å²) in [6, 6.07) is 14.2. The largest absolute Gasteiger partial charge is 0.493 e. The standard InChI is InChI=1S/C24H26N4O4/c1-16(32-21-9-4-3-8-20(21)31-2)24(30)28-13-10-17(11-14-28)23-26-19(15-22(29)27-23)18-7-5-6-12-25-18/h3-9,12,15-17H,10-11,13-14H2,1-2H3,(H,26,27,29). The van der Waals surface area contributed by atoms with Crippen LogP contribution in [0.25, 0.3) is 11.4 Å². The van der Waals surface area contributed by atoms with Crippen molar-refractivity contribution in [1.82, 2.24) is 19.9 Å². The van der Waals surface area contributed by atoms with E-state index in [4.69, 9.17) is 9.47 Å². The molecule has 0 saturated carbocycles. The number of carbonyl (C=O) groups is 1. The number of nitrogens with zero attached hydrogens (tertiary/aromatic N) is 3. The van der Waals surface area contributed by atoms with E-state index < -0.39 is 6.10 Å². The van der Waals surface area contributed by atoms with Crippen molar-refractivity contribution >= 4 is 5.91 Å². The van der Waals surface area contributed by atoms with E-state index in [1.807, 2.05) is 30.3 Å². The number of hydrogen-bond acceptors (Lipinski definition) is 6. The summed E-state index contributed by atoms with van der Waals surface area (Å²) in [6.45, 7) is 2.89. The smallest absolute Gasteiger partial charge is 0.263 e. The van der Waals surface area contributed by atoms with Gasteiger partial charge in [0.15, 0.2) is 17.6 Å². The summed E-state index contributed by atoms with van der Waals surface area (Å²) < 4.78 is 11.2. The Balaban J connectivity index is 1.40. The van der Waals surface area contributed by atoms with Gasteiger partial charge in [-0.2, -0.15) is 0 Å². The van der Waals surface area contributed by atoms with Crippen molar-refractivity contribution < 1.29 is 14.3 Å². The number of amides is 1. The molecule has 166 valence electrons. The zero-order chi connectivity index (χ0) is 22.5. The van der Waals surface area contributed by atoms with Crippen LogP contribution in [0.15, 0.2) is 59.5 Å². The van der Waals surface area contributed by atoms with Crippen molar-refractivity contribution in [2.75, 3.05) is 20.2 Å². The van der Waals surface area contributed by atoms with Gasteiger partial charge in [0.05, 0.1) is 18.5 Å². The van der Waals surface area contributed by atoms with Crippen molar-refractivity contribution in [3.8, 4) is 22.9 Å². The first-order chi connectivity index (χ1) is 15.5. The molecule has 0 radical (unpaired) electrons. The van der Waals surface area contributed by atoms with E-state index in [1.165, 1.54) is 6.07 Å². The van der Waals surface area contributed by atoms with Crippen molar-refractivity contribution in [3.63, 3.8) is 0 Å². The van der Waals surface area contributed by atoms with Crippen molar-refractivity contribution in [3.05, 3.63) is 70.9 Å². The van der Waals surface area contributed by atoms with Gasteiger partial charge in [0.25, 0.3) is 11.5 Å². The molecule has 2 aromatic heterocycles. The third-order valence-electron chi connectivity index (χ3n) is 5.60. The van der Waals surface area contributed by atoms with Gasteiger partial charge in [-0.3, -0.25) is 14.6 Å². The Bertz CT molecular complexity index is 1120. The number of likely N-dealkylation sites (tertiary alicyclic amines) is 1. The van der Waals surface area contributed by atoms with Crippen LogP contribution in [0.1, 0.15) is 31.5 Å². The summed E-state index contributed by atoms with van der Waals surface area (Å²) in [5.74, 6) is 1.77. The zero-order valence-corrected chi connectivity index (χ0v) is 18.2. The molecule has 1 N–H and O–H groups in total. The Kier molecular flexibility index (Phi) is 6.49. The summed E-state index contributed by atoms with van der Waals surface area (Å²) in [4.78, 5) is 38.7. The Morgan fingerprint density at radius 2 is 1.81 bits per heavy atom. The Labute approximate surface area is 186 Å². The van der Waals surface area contributed by atoms with E-state index in [0.717, 1.165) is 0 Å². The minimum absolute atomic E-state index is 0.0702. The molecule has 1 aromatic carbocycles. The number of aromatic amines is 1. The fourth-order valence-electron chi connectivity index (χ4n) is 3.90. The zero-order valence-electron chi connectivity index (χ0n) is 18.2. The lowest BCUT2D eigenvalue weighted by Gasteiger charge is -2.33. The maximum Gasteiger partial charge on any atom is 0.263 e. The van der Waals surface area contributed by atoms with Crippen LogP contribution in [0.2, 0.25) is 0 Å². The lowest BCUT2D eigenvalue weighted by atomic mass is 9.95. The van der Waals surface area contributed by atoms with Gasteiger partial charge in [-0.15, -0.1) is 0 Å². The fourth-order valence-corrected chi connectivity index (χ4v) is 3.90. The maximum atomic E-state index is 12.9. The van der Waals surface area contributed by atoms with Gasteiger partial charge in [0.2, 0.25) is 0 Å². The van der Waals surface area contributed by atoms with Gasteiger partial charge >= 0.3 is 0 Å². The number of carbonyl (C=O) groups excluding carboxylic acids is 1. The molecule has 8 nitrogen and oxygen atoms in total. The van der Waals surface area contributed by atoms with Gasteiger partial charge < -0.3 is 19.4 Å². The maximum absolute atomic E-state index is 12.9. The van der Waals surface area contributed by atoms with Crippen LogP contribution in [0, 0.1) is 0 Å². The molecule has 3 aromatic rings. The normalized spacial score (nSPS) is 15.2. The van der Waals surface area contributed by atoms with Gasteiger partial charge in [-0.25, -0.2) is 4.98 Å². The number of piperidine rings is 1. The number of ether oxygens (including phenoxy) is 2. The first-order valence-electron chi connectivity index (χ1n) is 10.7. The van der Waals surface area contributed by atoms with Crippen LogP contribution in [0.5, 0.6) is 11.5 Å². The average Bonchev–Trinajstić information content (AvgIpc) is 2.84. The highest BCUT2D eigenvalue weighted by atomic mass is 16.5. The molecule has 8 heteroatoms. The number of nitrogens with one attached hydrogen (secondary N) is 1. The van der Waals surface area contributed by atoms with Crippen LogP contribution in [0.4, 0.5) is 0 Å². The van der Waals surface area contributed by atoms with Gasteiger partial charge in [-0.1, -0.05) is 18.2 Å². The van der Waals surface area contributed by atoms with E-state index in [1.54, 1.807) is 37.3 Å². The van der Waals surface area contributed by atoms with Gasteiger partial charge in [0.1, 0.15) is 5.82 Å². The second kappa shape index (κ2) is 9.64. The molecule has 1 fully saturated rings. The van der Waals surface area contributed by atoms with Crippen LogP contribution in [-0.4, -0.2) is 52.1 Å². The van der Waals surface area contributed by atoms with Crippen LogP contribution >= 0.6 is 0 Å². The second-order valence-electron chi connectivity index (χ2n) is 7.74. The molecule has 0 spiro atoms. The molecule has 32 heavy (non-hydrogen) atoms. The molecule has 1 amide bonds. The third kappa shape index (κ3) is 4.80. The lowest BCUT2D eigenvalue weighted by Crippen LogP contribution is -2.44. The topological polar surface area (TPSA) is 97.4 Å². The summed E-state index contributed by atoms with van der Waals surface area (Å²) in [5, 5.41) is 0. The number of aromatic nitrogens is 3. The summed E-state index contributed by atoms with van der Waals surface area (Å²) in [6.07, 6.45) is 2.47. The van der Waals surface area contributed by atoms with Crippen molar-refractivity contribution in [2.24, 2.45) is 0 Å². The molecule has 4 rings (SSSR count). The predicted molar refractivity (Wildman–Crippen MR) is 120 cm³/mol. The molecule has 1 atom stereocenters. The fraction of sp³-hybridized carbons (Fsp3) is 0.333. The monoisotopic (exact) mass is 434 g/mol. The van der Waals surface area contributed by atoms with Crippen LogP contribution in [0.3, 0.4) is 0 Å². The molecule has 3 heterocycles. The minimum atomic E-state index is -0.631. The number of rotatable bonds is 6. The highest BCUT2D eigenvalue weighted by Gasteiger charge is 2.29. The first kappa shape index (κ1) is 21.5. The average molecular weight is 434 g/mol. The van der Waals surface area contributed by atoms with E-state index in [2.05, 4.69) is 15.0 Å². The molecule has 1 saturated heterocycles. The molecule has 1 aliphatic rings. The molecular formula is C24H26N4O4. The number of hydrogen-bond donors (Lipinski definition) is 1. The van der Waals surface area contributed by atoms with Crippen molar-refractivity contribution in [2.45, 2.75) is 31.8 Å². The predicted octanol–water partition coefficient (Wildman–Crippen LogP) is 3.01. The summed E-state index contributed by atoms with van der Waals surface area (Å²) in [5.41, 5.74) is 1.02. The molecule has 0 aliphatic carbocycles. The quantitative estimate of drug-likeness (QED) is 0.641. The minimum Gasteiger partial charge on any atom is -0.493 e. The van der Waals surface area contributed by atoms with E-state index >= 15 is 0 Å². The van der Waals surface area contributed by atoms with Gasteiger partial charge in [-0.05, 0) is 44.0 Å². The molecule has 1 aliphatic heterocycles. The number of H-pyrrole nitrogens is 1. The summed E-state index contributed by atoms with van der Waals surface area (Å²) in [7, 11) is 1.57. The Hall–Kier alpha value is -3.68. The highest BCUT2D eigenvalue weighted by Crippen LogP contribution is 2.29. The lowest BCUT2D eigenvalue weighted by molar-refractivity contribution is -0.139. The number of benzene rings is 1. The van der Waals surface area contributed by atoms with E-state index in [9.17, 15) is 9.59 Å². The second-order valence-corrected chi connectivity index (χ2v) is 7.74. The van der Waals surface area contributed by atoms with E-state index in [0.29, 0.717) is 54.6 Å². The molecule has 0 bridgehead atoms. The SMILES string of the molecule is COc1ccccc1OC(C)C(=O)N1CCC(c2nc(-c3ccccn3)cc(=O)[nH]2)CC1. The first-order valence-corrected chi connectivity index (χ1v) is 10.7. The Morgan fingerprint density at radius 3 is 2.50 bits per heavy atom. The number of methoxy groups -OCH3 is 1. The van der Waals surface area contributed by atoms with Crippen LogP contribution in [-0.2, 0) is 4.79 Å². The van der Waals surface area contributed by atoms with Crippen molar-refractivity contribution in [1.29, 1.82) is 0 Å². The van der Waals surface area contributed by atoms with Crippen LogP contribution < -0.4 is 15.0 Å².